The van der Waals surface area contributed by atoms with Crippen molar-refractivity contribution < 1.29 is 19.1 Å². The molecule has 3 atom stereocenters. The molecule has 1 aliphatic rings. The van der Waals surface area contributed by atoms with Gasteiger partial charge in [-0.05, 0) is 36.3 Å². The Labute approximate surface area is 210 Å². The van der Waals surface area contributed by atoms with Crippen molar-refractivity contribution in [1.82, 2.24) is 15.5 Å². The summed E-state index contributed by atoms with van der Waals surface area (Å²) >= 11 is 0. The molecule has 0 aromatic heterocycles. The molecule has 2 N–H and O–H groups in total. The topological polar surface area (TPSA) is 87.7 Å². The summed E-state index contributed by atoms with van der Waals surface area (Å²) in [6.07, 6.45) is 1.77. The third-order valence-corrected chi connectivity index (χ3v) is 6.02. The Hall–Kier alpha value is -2.38. The van der Waals surface area contributed by atoms with Crippen LogP contribution in [0.15, 0.2) is 35.9 Å². The Morgan fingerprint density at radius 2 is 1.85 bits per heavy atom. The molecule has 2 amide bonds. The number of carbonyl (C=O) groups excluding carboxylic acids is 3. The van der Waals surface area contributed by atoms with E-state index in [0.717, 1.165) is 11.1 Å². The van der Waals surface area contributed by atoms with Gasteiger partial charge in [0.25, 0.3) is 0 Å². The standard InChI is InChI=1S/C26H39N3O4.ClH/c1-9-33-25(32)17(4)14-20(16(2)3)29(8)24(31)22(26(5,6)7)28-23(30)21-19-13-11-10-12-18(19)15-27-21;/h10-14,16,20-22,27H,9,15H2,1-8H3,(H,28,30);1H/b17-14+;/t20-,21?,22-;/m1./s1. The van der Waals surface area contributed by atoms with Crippen molar-refractivity contribution in [3.63, 3.8) is 0 Å². The van der Waals surface area contributed by atoms with Gasteiger partial charge in [-0.3, -0.25) is 14.9 Å². The number of carbonyl (C=O) groups is 3. The molecule has 8 heteroatoms. The lowest BCUT2D eigenvalue weighted by molar-refractivity contribution is -0.141. The molecule has 1 unspecified atom stereocenters. The quantitative estimate of drug-likeness (QED) is 0.425. The summed E-state index contributed by atoms with van der Waals surface area (Å²) in [6.45, 7) is 14.2. The minimum absolute atomic E-state index is 0. The second-order valence-electron chi connectivity index (χ2n) is 10.1. The van der Waals surface area contributed by atoms with Crippen molar-refractivity contribution in [3.05, 3.63) is 47.0 Å². The number of fused-ring (bicyclic) bond motifs is 1. The zero-order chi connectivity index (χ0) is 24.9. The first kappa shape index (κ1) is 29.7. The van der Waals surface area contributed by atoms with Crippen molar-refractivity contribution >= 4 is 30.2 Å². The van der Waals surface area contributed by atoms with Crippen molar-refractivity contribution in [2.75, 3.05) is 13.7 Å². The highest BCUT2D eigenvalue weighted by molar-refractivity contribution is 5.92. The van der Waals surface area contributed by atoms with Crippen molar-refractivity contribution in [1.29, 1.82) is 0 Å². The Morgan fingerprint density at radius 3 is 2.41 bits per heavy atom. The van der Waals surface area contributed by atoms with Crippen LogP contribution >= 0.6 is 12.4 Å². The molecule has 0 radical (unpaired) electrons. The van der Waals surface area contributed by atoms with Crippen LogP contribution in [0.1, 0.15) is 65.6 Å². The lowest BCUT2D eigenvalue weighted by atomic mass is 9.84. The van der Waals surface area contributed by atoms with Crippen LogP contribution in [0.5, 0.6) is 0 Å². The summed E-state index contributed by atoms with van der Waals surface area (Å²) in [4.78, 5) is 40.6. The first-order chi connectivity index (χ1) is 15.4. The van der Waals surface area contributed by atoms with E-state index in [1.54, 1.807) is 31.9 Å². The van der Waals surface area contributed by atoms with Crippen molar-refractivity contribution in [2.24, 2.45) is 11.3 Å². The van der Waals surface area contributed by atoms with E-state index in [-0.39, 0.29) is 36.2 Å². The Balaban J connectivity index is 0.00000578. The normalized spacial score (nSPS) is 17.3. The highest BCUT2D eigenvalue weighted by atomic mass is 35.5. The van der Waals surface area contributed by atoms with Crippen molar-refractivity contribution in [3.8, 4) is 0 Å². The highest BCUT2D eigenvalue weighted by Gasteiger charge is 2.39. The molecule has 0 saturated heterocycles. The van der Waals surface area contributed by atoms with Gasteiger partial charge in [0, 0.05) is 19.2 Å². The van der Waals surface area contributed by atoms with Crippen LogP contribution in [-0.4, -0.2) is 48.4 Å². The van der Waals surface area contributed by atoms with Gasteiger partial charge in [0.15, 0.2) is 0 Å². The largest absolute Gasteiger partial charge is 0.463 e. The van der Waals surface area contributed by atoms with E-state index in [2.05, 4.69) is 10.6 Å². The first-order valence-corrected chi connectivity index (χ1v) is 11.6. The zero-order valence-electron chi connectivity index (χ0n) is 21.6. The number of nitrogens with zero attached hydrogens (tertiary/aromatic N) is 1. The van der Waals surface area contributed by atoms with Crippen LogP contribution in [0, 0.1) is 11.3 Å². The summed E-state index contributed by atoms with van der Waals surface area (Å²) in [6, 6.07) is 6.26. The van der Waals surface area contributed by atoms with Gasteiger partial charge in [-0.1, -0.05) is 65.0 Å². The fraction of sp³-hybridized carbons (Fsp3) is 0.577. The predicted molar refractivity (Wildman–Crippen MR) is 136 cm³/mol. The summed E-state index contributed by atoms with van der Waals surface area (Å²) in [5, 5.41) is 6.25. The second kappa shape index (κ2) is 12.4. The summed E-state index contributed by atoms with van der Waals surface area (Å²) in [7, 11) is 1.72. The Kier molecular flexibility index (Phi) is 10.8. The van der Waals surface area contributed by atoms with E-state index < -0.39 is 23.5 Å². The lowest BCUT2D eigenvalue weighted by Crippen LogP contribution is -2.57. The molecular formula is C26H40ClN3O4. The molecule has 0 fully saturated rings. The number of rotatable bonds is 8. The summed E-state index contributed by atoms with van der Waals surface area (Å²) in [5.74, 6) is -0.756. The first-order valence-electron chi connectivity index (χ1n) is 11.6. The summed E-state index contributed by atoms with van der Waals surface area (Å²) in [5.41, 5.74) is 1.98. The molecule has 0 aliphatic carbocycles. The number of amides is 2. The molecule has 1 aromatic carbocycles. The molecule has 1 heterocycles. The number of likely N-dealkylation sites (N-methyl/N-ethyl adjacent to an activating group) is 1. The maximum atomic E-state index is 13.7. The SMILES string of the molecule is CCOC(=O)/C(C)=C/[C@H](C(C)C)N(C)C(=O)[C@@H](NC(=O)C1NCc2ccccc21)C(C)(C)C.Cl. The number of esters is 1. The van der Waals surface area contributed by atoms with Crippen molar-refractivity contribution in [2.45, 2.75) is 73.1 Å². The molecule has 190 valence electrons. The van der Waals surface area contributed by atoms with E-state index >= 15 is 0 Å². The van der Waals surface area contributed by atoms with E-state index in [9.17, 15) is 14.4 Å². The lowest BCUT2D eigenvalue weighted by Gasteiger charge is -2.38. The number of halogens is 1. The number of hydrogen-bond acceptors (Lipinski definition) is 5. The predicted octanol–water partition coefficient (Wildman–Crippen LogP) is 3.78. The van der Waals surface area contributed by atoms with Crippen LogP contribution in [-0.2, 0) is 25.7 Å². The van der Waals surface area contributed by atoms with E-state index in [1.165, 1.54) is 0 Å². The second-order valence-corrected chi connectivity index (χ2v) is 10.1. The van der Waals surface area contributed by atoms with Gasteiger partial charge in [0.05, 0.1) is 12.6 Å². The van der Waals surface area contributed by atoms with Gasteiger partial charge in [0.1, 0.15) is 12.1 Å². The Morgan fingerprint density at radius 1 is 1.24 bits per heavy atom. The number of ether oxygens (including phenoxy) is 1. The zero-order valence-corrected chi connectivity index (χ0v) is 22.4. The monoisotopic (exact) mass is 493 g/mol. The van der Waals surface area contributed by atoms with Gasteiger partial charge >= 0.3 is 5.97 Å². The molecule has 1 aromatic rings. The minimum atomic E-state index is -0.734. The van der Waals surface area contributed by atoms with Gasteiger partial charge < -0.3 is 15.0 Å². The average Bonchev–Trinajstić information content (AvgIpc) is 3.18. The molecule has 0 spiro atoms. The molecular weight excluding hydrogens is 454 g/mol. The number of hydrogen-bond donors (Lipinski definition) is 2. The van der Waals surface area contributed by atoms with Crippen LogP contribution in [0.3, 0.4) is 0 Å². The molecule has 0 saturated carbocycles. The number of nitrogens with one attached hydrogen (secondary N) is 2. The molecule has 7 nitrogen and oxygen atoms in total. The fourth-order valence-electron chi connectivity index (χ4n) is 4.08. The van der Waals surface area contributed by atoms with Gasteiger partial charge in [-0.2, -0.15) is 0 Å². The van der Waals surface area contributed by atoms with Crippen LogP contribution in [0.2, 0.25) is 0 Å². The van der Waals surface area contributed by atoms with Crippen LogP contribution in [0.4, 0.5) is 0 Å². The van der Waals surface area contributed by atoms with Crippen LogP contribution < -0.4 is 10.6 Å². The van der Waals surface area contributed by atoms with E-state index in [1.807, 2.05) is 58.9 Å². The average molecular weight is 494 g/mol. The molecule has 2 rings (SSSR count). The third-order valence-electron chi connectivity index (χ3n) is 6.02. The fourth-order valence-corrected chi connectivity index (χ4v) is 4.08. The maximum absolute atomic E-state index is 13.7. The van der Waals surface area contributed by atoms with E-state index in [4.69, 9.17) is 4.74 Å². The van der Waals surface area contributed by atoms with Gasteiger partial charge in [-0.15, -0.1) is 12.4 Å². The van der Waals surface area contributed by atoms with E-state index in [0.29, 0.717) is 18.7 Å². The smallest absolute Gasteiger partial charge is 0.333 e. The van der Waals surface area contributed by atoms with Crippen LogP contribution in [0.25, 0.3) is 0 Å². The van der Waals surface area contributed by atoms with Gasteiger partial charge in [0.2, 0.25) is 11.8 Å². The maximum Gasteiger partial charge on any atom is 0.333 e. The third kappa shape index (κ3) is 7.06. The molecule has 0 bridgehead atoms. The Bertz CT molecular complexity index is 908. The van der Waals surface area contributed by atoms with Gasteiger partial charge in [-0.25, -0.2) is 4.79 Å². The highest BCUT2D eigenvalue weighted by Crippen LogP contribution is 2.28. The summed E-state index contributed by atoms with van der Waals surface area (Å²) < 4.78 is 5.09. The molecule has 34 heavy (non-hydrogen) atoms. The molecule has 1 aliphatic heterocycles. The minimum Gasteiger partial charge on any atom is -0.463 e. The number of benzene rings is 1.